The van der Waals surface area contributed by atoms with Gasteiger partial charge in [0.05, 0.1) is 0 Å². The molecule has 22 heavy (non-hydrogen) atoms. The quantitative estimate of drug-likeness (QED) is 0.751. The number of nitrogens with zero attached hydrogens (tertiary/aromatic N) is 1. The normalized spacial score (nSPS) is 11.5. The van der Waals surface area contributed by atoms with Gasteiger partial charge in [0.15, 0.2) is 5.78 Å². The highest BCUT2D eigenvalue weighted by Crippen LogP contribution is 2.33. The fraction of sp³-hybridized carbons (Fsp3) is 0.263. The first-order valence-corrected chi connectivity index (χ1v) is 10.9. The summed E-state index contributed by atoms with van der Waals surface area (Å²) >= 11 is 0. The summed E-state index contributed by atoms with van der Waals surface area (Å²) in [5.41, 5.74) is 0.898. The fourth-order valence-corrected chi connectivity index (χ4v) is 2.91. The zero-order chi connectivity index (χ0) is 16.2. The van der Waals surface area contributed by atoms with E-state index in [-0.39, 0.29) is 5.78 Å². The van der Waals surface area contributed by atoms with Gasteiger partial charge in [0.2, 0.25) is 5.41 Å². The molecule has 0 atom stereocenters. The Kier molecular flexibility index (Phi) is 4.63. The molecule has 3 heteroatoms. The van der Waals surface area contributed by atoms with Crippen molar-refractivity contribution in [3.8, 4) is 6.07 Å². The number of hydrogen-bond acceptors (Lipinski definition) is 1. The molecule has 0 heterocycles. The predicted octanol–water partition coefficient (Wildman–Crippen LogP) is 4.73. The van der Waals surface area contributed by atoms with E-state index in [1.165, 1.54) is 0 Å². The molecule has 2 nitrogen and oxygen atoms in total. The van der Waals surface area contributed by atoms with Crippen molar-refractivity contribution in [2.45, 2.75) is 32.0 Å². The number of carbonyl (C=O) groups excluding carboxylic acids is 1. The van der Waals surface area contributed by atoms with E-state index >= 15 is 0 Å². The number of benzene rings is 2. The Bertz CT molecular complexity index is 666. The molecule has 0 N–H and O–H groups in total. The van der Waals surface area contributed by atoms with E-state index in [1.54, 1.807) is 6.92 Å². The Balaban J connectivity index is 2.76. The van der Waals surface area contributed by atoms with Crippen molar-refractivity contribution >= 4 is 14.0 Å². The van der Waals surface area contributed by atoms with Crippen molar-refractivity contribution in [2.24, 2.45) is 0 Å². The van der Waals surface area contributed by atoms with Crippen LogP contribution in [0.1, 0.15) is 18.1 Å². The van der Waals surface area contributed by atoms with Gasteiger partial charge in [0, 0.05) is 19.6 Å². The molecule has 0 spiro atoms. The van der Waals surface area contributed by atoms with Crippen LogP contribution in [0.5, 0.6) is 0 Å². The molecule has 0 aliphatic heterocycles. The molecule has 0 amide bonds. The Morgan fingerprint density at radius 3 is 1.64 bits per heavy atom. The standard InChI is InChI=1S/C19H22NOSi/c1-16(21)19(15-20-22(2,3)4,17-11-7-5-8-12-17)18-13-9-6-10-14-18/h5-14H,1-4H3/q+1. The Morgan fingerprint density at radius 2 is 1.32 bits per heavy atom. The predicted molar refractivity (Wildman–Crippen MR) is 94.9 cm³/mol. The van der Waals surface area contributed by atoms with E-state index in [9.17, 15) is 4.79 Å². The topological polar surface area (TPSA) is 21.4 Å². The Morgan fingerprint density at radius 1 is 0.909 bits per heavy atom. The Labute approximate surface area is 133 Å². The highest BCUT2D eigenvalue weighted by Gasteiger charge is 2.44. The molecule has 0 aliphatic carbocycles. The fourth-order valence-electron chi connectivity index (χ4n) is 2.41. The summed E-state index contributed by atoms with van der Waals surface area (Å²) in [6.45, 7) is 8.04. The van der Waals surface area contributed by atoms with Gasteiger partial charge in [-0.2, -0.15) is 4.51 Å². The third-order valence-electron chi connectivity index (χ3n) is 3.50. The number of rotatable bonds is 3. The lowest BCUT2D eigenvalue weighted by Gasteiger charge is -2.22. The van der Waals surface area contributed by atoms with Crippen LogP contribution >= 0.6 is 0 Å². The van der Waals surface area contributed by atoms with Crippen molar-refractivity contribution in [3.05, 3.63) is 76.3 Å². The number of Topliss-reactive ketones (excluding diaryl/α,β-unsaturated/α-hetero) is 1. The lowest BCUT2D eigenvalue weighted by Crippen LogP contribution is -2.34. The van der Waals surface area contributed by atoms with Gasteiger partial charge in [0.1, 0.15) is 0 Å². The molecule has 2 aromatic rings. The van der Waals surface area contributed by atoms with Gasteiger partial charge in [-0.25, -0.2) is 0 Å². The van der Waals surface area contributed by atoms with Gasteiger partial charge in [-0.3, -0.25) is 4.79 Å². The number of carbonyl (C=O) groups is 1. The van der Waals surface area contributed by atoms with Gasteiger partial charge in [-0.1, -0.05) is 60.7 Å². The van der Waals surface area contributed by atoms with E-state index in [2.05, 4.69) is 30.2 Å². The second kappa shape index (κ2) is 6.29. The van der Waals surface area contributed by atoms with Crippen LogP contribution in [0.25, 0.3) is 4.51 Å². The molecule has 0 aliphatic rings. The minimum absolute atomic E-state index is 0.0342. The van der Waals surface area contributed by atoms with Crippen LogP contribution in [0.4, 0.5) is 0 Å². The first-order chi connectivity index (χ1) is 10.4. The third kappa shape index (κ3) is 3.34. The summed E-state index contributed by atoms with van der Waals surface area (Å²) in [6, 6.07) is 22.8. The molecule has 0 radical (unpaired) electrons. The average molecular weight is 308 g/mol. The van der Waals surface area contributed by atoms with Gasteiger partial charge in [-0.15, -0.1) is 0 Å². The molecular weight excluding hydrogens is 286 g/mol. The van der Waals surface area contributed by atoms with Crippen LogP contribution in [0.15, 0.2) is 60.7 Å². The maximum atomic E-state index is 12.7. The largest absolute Gasteiger partial charge is 0.499 e. The summed E-state index contributed by atoms with van der Waals surface area (Å²) in [6.07, 6.45) is 0. The van der Waals surface area contributed by atoms with Crippen LogP contribution in [-0.2, 0) is 10.2 Å². The van der Waals surface area contributed by atoms with Crippen LogP contribution < -0.4 is 0 Å². The van der Waals surface area contributed by atoms with Crippen LogP contribution in [-0.4, -0.2) is 14.0 Å². The molecule has 0 unspecified atom stereocenters. The molecule has 2 rings (SSSR count). The van der Waals surface area contributed by atoms with Crippen LogP contribution in [0.3, 0.4) is 0 Å². The molecule has 2 aromatic carbocycles. The molecule has 0 saturated carbocycles. The van der Waals surface area contributed by atoms with Crippen molar-refractivity contribution in [1.29, 1.82) is 0 Å². The number of hydrogen-bond donors (Lipinski definition) is 0. The lowest BCUT2D eigenvalue weighted by molar-refractivity contribution is -0.119. The minimum Gasteiger partial charge on any atom is -0.297 e. The minimum atomic E-state index is -1.72. The highest BCUT2D eigenvalue weighted by atomic mass is 28.3. The smallest absolute Gasteiger partial charge is 0.297 e. The van der Waals surface area contributed by atoms with E-state index < -0.39 is 13.7 Å². The SMILES string of the molecule is CC(=O)C(C#[N+][Si](C)(C)C)(c1ccccc1)c1ccccc1. The Hall–Kier alpha value is -2.18. The average Bonchev–Trinajstić information content (AvgIpc) is 2.49. The first kappa shape index (κ1) is 16.2. The van der Waals surface area contributed by atoms with E-state index in [4.69, 9.17) is 0 Å². The van der Waals surface area contributed by atoms with Crippen molar-refractivity contribution < 1.29 is 4.79 Å². The molecule has 0 bridgehead atoms. The van der Waals surface area contributed by atoms with Crippen molar-refractivity contribution in [2.75, 3.05) is 0 Å². The van der Waals surface area contributed by atoms with Gasteiger partial charge < -0.3 is 0 Å². The lowest BCUT2D eigenvalue weighted by atomic mass is 9.73. The summed E-state index contributed by atoms with van der Waals surface area (Å²) in [7, 11) is -1.72. The zero-order valence-corrected chi connectivity index (χ0v) is 14.6. The second-order valence-electron chi connectivity index (χ2n) is 6.43. The highest BCUT2D eigenvalue weighted by molar-refractivity contribution is 6.79. The summed E-state index contributed by atoms with van der Waals surface area (Å²) in [5, 5.41) is 0. The molecule has 0 saturated heterocycles. The molecular formula is C19H22NOSi+. The van der Waals surface area contributed by atoms with E-state index in [0.29, 0.717) is 0 Å². The summed E-state index contributed by atoms with van der Waals surface area (Å²) < 4.78 is 4.67. The monoisotopic (exact) mass is 308 g/mol. The summed E-state index contributed by atoms with van der Waals surface area (Å²) in [5.74, 6) is 0.0342. The molecule has 112 valence electrons. The zero-order valence-electron chi connectivity index (χ0n) is 13.6. The van der Waals surface area contributed by atoms with Crippen molar-refractivity contribution in [3.63, 3.8) is 0 Å². The van der Waals surface area contributed by atoms with Crippen LogP contribution in [0.2, 0.25) is 19.6 Å². The van der Waals surface area contributed by atoms with Gasteiger partial charge in [0.25, 0.3) is 6.07 Å². The summed E-state index contributed by atoms with van der Waals surface area (Å²) in [4.78, 5) is 12.7. The van der Waals surface area contributed by atoms with Crippen LogP contribution in [0, 0.1) is 6.07 Å². The maximum absolute atomic E-state index is 12.7. The van der Waals surface area contributed by atoms with E-state index in [1.807, 2.05) is 60.7 Å². The maximum Gasteiger partial charge on any atom is 0.499 e. The molecule has 0 aromatic heterocycles. The third-order valence-corrected chi connectivity index (χ3v) is 4.28. The van der Waals surface area contributed by atoms with Crippen molar-refractivity contribution in [1.82, 2.24) is 0 Å². The second-order valence-corrected chi connectivity index (χ2v) is 11.0. The first-order valence-electron chi connectivity index (χ1n) is 7.47. The number of ketones is 1. The van der Waals surface area contributed by atoms with E-state index in [0.717, 1.165) is 11.1 Å². The molecule has 0 fully saturated rings. The van der Waals surface area contributed by atoms with Gasteiger partial charge >= 0.3 is 8.24 Å². The van der Waals surface area contributed by atoms with Gasteiger partial charge in [-0.05, 0) is 18.1 Å².